The highest BCUT2D eigenvalue weighted by Gasteiger charge is 2.10. The summed E-state index contributed by atoms with van der Waals surface area (Å²) in [6.07, 6.45) is 0. The first kappa shape index (κ1) is 13.0. The number of ether oxygens (including phenoxy) is 1. The molecule has 0 fully saturated rings. The van der Waals surface area contributed by atoms with E-state index in [4.69, 9.17) is 10.5 Å². The summed E-state index contributed by atoms with van der Waals surface area (Å²) in [6.45, 7) is 0. The summed E-state index contributed by atoms with van der Waals surface area (Å²) < 4.78 is 5.08. The van der Waals surface area contributed by atoms with Crippen LogP contribution >= 0.6 is 0 Å². The Hall–Kier alpha value is -3.02. The number of aromatic nitrogens is 3. The molecule has 0 radical (unpaired) electrons. The predicted octanol–water partition coefficient (Wildman–Crippen LogP) is 2.44. The van der Waals surface area contributed by atoms with Crippen LogP contribution in [0.3, 0.4) is 0 Å². The summed E-state index contributed by atoms with van der Waals surface area (Å²) in [6, 6.07) is 12.3. The fraction of sp³-hybridized carbons (Fsp3) is 0.0667. The number of phenolic OH excluding ortho intramolecular Hbond substituents is 1. The highest BCUT2D eigenvalue weighted by Crippen LogP contribution is 2.30. The van der Waals surface area contributed by atoms with Crippen LogP contribution in [-0.4, -0.2) is 27.4 Å². The number of nitrogens with one attached hydrogen (secondary N) is 1. The highest BCUT2D eigenvalue weighted by molar-refractivity contribution is 5.65. The smallest absolute Gasteiger partial charge is 0.181 e. The highest BCUT2D eigenvalue weighted by atomic mass is 16.5. The van der Waals surface area contributed by atoms with Gasteiger partial charge in [-0.05, 0) is 42.5 Å². The number of nitrogens with zero attached hydrogens (tertiary/aromatic N) is 2. The number of nitrogens with two attached hydrogens (primary N) is 1. The zero-order valence-electron chi connectivity index (χ0n) is 11.4. The van der Waals surface area contributed by atoms with Gasteiger partial charge in [-0.3, -0.25) is 5.10 Å². The molecule has 6 heteroatoms. The van der Waals surface area contributed by atoms with Gasteiger partial charge in [0.25, 0.3) is 0 Å². The molecule has 0 spiro atoms. The first-order valence-electron chi connectivity index (χ1n) is 6.33. The van der Waals surface area contributed by atoms with Crippen LogP contribution in [0, 0.1) is 0 Å². The molecule has 0 saturated heterocycles. The zero-order chi connectivity index (χ0) is 14.8. The molecule has 6 nitrogen and oxygen atoms in total. The molecular formula is C15H14N4O2. The standard InChI is InChI=1S/C15H14N4O2/c1-21-13-8-10(4-7-12(13)20)15-17-14(18-19-15)9-2-5-11(16)6-3-9/h2-8,20H,16H2,1H3,(H,17,18,19). The van der Waals surface area contributed by atoms with Gasteiger partial charge in [0.05, 0.1) is 7.11 Å². The number of H-pyrrole nitrogens is 1. The SMILES string of the molecule is COc1cc(-c2n[nH]c(-c3ccc(N)cc3)n2)ccc1O. The zero-order valence-corrected chi connectivity index (χ0v) is 11.4. The predicted molar refractivity (Wildman–Crippen MR) is 79.9 cm³/mol. The van der Waals surface area contributed by atoms with Gasteiger partial charge in [-0.15, -0.1) is 0 Å². The van der Waals surface area contributed by atoms with Crippen LogP contribution in [0.15, 0.2) is 42.5 Å². The van der Waals surface area contributed by atoms with Crippen LogP contribution in [0.25, 0.3) is 22.8 Å². The Bertz CT molecular complexity index is 766. The summed E-state index contributed by atoms with van der Waals surface area (Å²) >= 11 is 0. The number of phenols is 1. The van der Waals surface area contributed by atoms with Gasteiger partial charge in [0.2, 0.25) is 0 Å². The maximum absolute atomic E-state index is 9.61. The van der Waals surface area contributed by atoms with E-state index < -0.39 is 0 Å². The van der Waals surface area contributed by atoms with Gasteiger partial charge in [0.1, 0.15) is 0 Å². The Morgan fingerprint density at radius 3 is 2.52 bits per heavy atom. The van der Waals surface area contributed by atoms with Crippen LogP contribution in [0.2, 0.25) is 0 Å². The summed E-state index contributed by atoms with van der Waals surface area (Å²) in [5.41, 5.74) is 8.01. The van der Waals surface area contributed by atoms with Gasteiger partial charge >= 0.3 is 0 Å². The molecular weight excluding hydrogens is 268 g/mol. The molecule has 21 heavy (non-hydrogen) atoms. The lowest BCUT2D eigenvalue weighted by molar-refractivity contribution is 0.373. The molecule has 0 bridgehead atoms. The number of benzene rings is 2. The molecule has 0 unspecified atom stereocenters. The van der Waals surface area contributed by atoms with Gasteiger partial charge < -0.3 is 15.6 Å². The van der Waals surface area contributed by atoms with E-state index in [1.165, 1.54) is 7.11 Å². The topological polar surface area (TPSA) is 97.0 Å². The lowest BCUT2D eigenvalue weighted by Crippen LogP contribution is -1.87. The van der Waals surface area contributed by atoms with E-state index in [0.29, 0.717) is 23.1 Å². The Morgan fingerprint density at radius 2 is 1.81 bits per heavy atom. The van der Waals surface area contributed by atoms with E-state index in [9.17, 15) is 5.11 Å². The number of nitrogen functional groups attached to an aromatic ring is 1. The minimum atomic E-state index is 0.0792. The summed E-state index contributed by atoms with van der Waals surface area (Å²) in [5.74, 6) is 1.64. The Morgan fingerprint density at radius 1 is 1.10 bits per heavy atom. The molecule has 3 rings (SSSR count). The number of anilines is 1. The van der Waals surface area contributed by atoms with E-state index in [-0.39, 0.29) is 5.75 Å². The second kappa shape index (κ2) is 5.16. The van der Waals surface area contributed by atoms with Gasteiger partial charge in [0, 0.05) is 16.8 Å². The van der Waals surface area contributed by atoms with Gasteiger partial charge in [-0.1, -0.05) is 0 Å². The molecule has 0 amide bonds. The second-order valence-electron chi connectivity index (χ2n) is 4.52. The van der Waals surface area contributed by atoms with Gasteiger partial charge in [-0.25, -0.2) is 4.98 Å². The average molecular weight is 282 g/mol. The maximum Gasteiger partial charge on any atom is 0.181 e. The second-order valence-corrected chi connectivity index (χ2v) is 4.52. The quantitative estimate of drug-likeness (QED) is 0.641. The Balaban J connectivity index is 1.96. The van der Waals surface area contributed by atoms with Crippen molar-refractivity contribution >= 4 is 5.69 Å². The van der Waals surface area contributed by atoms with Crippen LogP contribution in [0.5, 0.6) is 11.5 Å². The van der Waals surface area contributed by atoms with Gasteiger partial charge in [0.15, 0.2) is 23.1 Å². The Kier molecular flexibility index (Phi) is 3.19. The molecule has 1 aromatic heterocycles. The molecule has 0 atom stereocenters. The van der Waals surface area contributed by atoms with Crippen LogP contribution < -0.4 is 10.5 Å². The number of aromatic amines is 1. The summed E-state index contributed by atoms with van der Waals surface area (Å²) in [4.78, 5) is 4.44. The first-order chi connectivity index (χ1) is 10.2. The fourth-order valence-electron chi connectivity index (χ4n) is 1.98. The van der Waals surface area contributed by atoms with Crippen LogP contribution in [0.4, 0.5) is 5.69 Å². The molecule has 0 aliphatic rings. The monoisotopic (exact) mass is 282 g/mol. The van der Waals surface area contributed by atoms with Crippen molar-refractivity contribution < 1.29 is 9.84 Å². The number of hydrogen-bond acceptors (Lipinski definition) is 5. The molecule has 3 aromatic rings. The molecule has 106 valence electrons. The number of rotatable bonds is 3. The van der Waals surface area contributed by atoms with E-state index in [0.717, 1.165) is 11.1 Å². The van der Waals surface area contributed by atoms with Gasteiger partial charge in [-0.2, -0.15) is 5.10 Å². The van der Waals surface area contributed by atoms with Crippen molar-refractivity contribution in [3.8, 4) is 34.3 Å². The van der Waals surface area contributed by atoms with Crippen molar-refractivity contribution in [3.05, 3.63) is 42.5 Å². The number of methoxy groups -OCH3 is 1. The third kappa shape index (κ3) is 2.51. The molecule has 1 heterocycles. The normalized spacial score (nSPS) is 10.5. The lowest BCUT2D eigenvalue weighted by atomic mass is 10.2. The van der Waals surface area contributed by atoms with E-state index in [1.807, 2.05) is 12.1 Å². The van der Waals surface area contributed by atoms with Crippen molar-refractivity contribution in [2.75, 3.05) is 12.8 Å². The largest absolute Gasteiger partial charge is 0.504 e. The average Bonchev–Trinajstić information content (AvgIpc) is 2.98. The lowest BCUT2D eigenvalue weighted by Gasteiger charge is -2.03. The number of hydrogen-bond donors (Lipinski definition) is 3. The summed E-state index contributed by atoms with van der Waals surface area (Å²) in [7, 11) is 1.50. The molecule has 0 aliphatic carbocycles. The molecule has 0 saturated carbocycles. The van der Waals surface area contributed by atoms with Crippen LogP contribution in [0.1, 0.15) is 0 Å². The van der Waals surface area contributed by atoms with Crippen LogP contribution in [-0.2, 0) is 0 Å². The van der Waals surface area contributed by atoms with Crippen molar-refractivity contribution in [1.82, 2.24) is 15.2 Å². The number of aromatic hydroxyl groups is 1. The fourth-order valence-corrected chi connectivity index (χ4v) is 1.98. The van der Waals surface area contributed by atoms with E-state index in [2.05, 4.69) is 15.2 Å². The van der Waals surface area contributed by atoms with E-state index >= 15 is 0 Å². The van der Waals surface area contributed by atoms with Crippen molar-refractivity contribution in [1.29, 1.82) is 0 Å². The first-order valence-corrected chi connectivity index (χ1v) is 6.33. The third-order valence-corrected chi connectivity index (χ3v) is 3.11. The van der Waals surface area contributed by atoms with Crippen molar-refractivity contribution in [3.63, 3.8) is 0 Å². The van der Waals surface area contributed by atoms with Crippen molar-refractivity contribution in [2.24, 2.45) is 0 Å². The Labute approximate surface area is 121 Å². The van der Waals surface area contributed by atoms with E-state index in [1.54, 1.807) is 30.3 Å². The van der Waals surface area contributed by atoms with Crippen molar-refractivity contribution in [2.45, 2.75) is 0 Å². The minimum absolute atomic E-state index is 0.0792. The summed E-state index contributed by atoms with van der Waals surface area (Å²) in [5, 5.41) is 16.7. The minimum Gasteiger partial charge on any atom is -0.504 e. The molecule has 0 aliphatic heterocycles. The third-order valence-electron chi connectivity index (χ3n) is 3.11. The molecule has 2 aromatic carbocycles. The maximum atomic E-state index is 9.61. The molecule has 4 N–H and O–H groups in total.